The Kier molecular flexibility index (Phi) is 4.59. The van der Waals surface area contributed by atoms with Crippen LogP contribution in [-0.2, 0) is 0 Å². The van der Waals surface area contributed by atoms with Crippen LogP contribution < -0.4 is 10.6 Å². The first kappa shape index (κ1) is 13.6. The first-order valence-electron chi connectivity index (χ1n) is 5.57. The van der Waals surface area contributed by atoms with Gasteiger partial charge in [-0.2, -0.15) is 5.26 Å². The van der Waals surface area contributed by atoms with E-state index in [9.17, 15) is 5.26 Å². The summed E-state index contributed by atoms with van der Waals surface area (Å²) in [6, 6.07) is 4.25. The molecular formula is C12H17ClN4. The van der Waals surface area contributed by atoms with Crippen LogP contribution in [0.1, 0.15) is 33.3 Å². The van der Waals surface area contributed by atoms with Crippen molar-refractivity contribution < 1.29 is 0 Å². The van der Waals surface area contributed by atoms with E-state index < -0.39 is 0 Å². The molecule has 0 saturated carbocycles. The molecule has 1 aromatic rings. The molecule has 1 aromatic heterocycles. The molecule has 0 amide bonds. The predicted molar refractivity (Wildman–Crippen MR) is 71.5 cm³/mol. The van der Waals surface area contributed by atoms with E-state index in [1.54, 1.807) is 6.07 Å². The monoisotopic (exact) mass is 252 g/mol. The number of rotatable bonds is 4. The van der Waals surface area contributed by atoms with E-state index in [0.717, 1.165) is 0 Å². The van der Waals surface area contributed by atoms with E-state index in [1.165, 1.54) is 0 Å². The Hall–Kier alpha value is -1.47. The molecule has 0 unspecified atom stereocenters. The summed E-state index contributed by atoms with van der Waals surface area (Å²) in [6.45, 7) is 7.98. The summed E-state index contributed by atoms with van der Waals surface area (Å²) in [5, 5.41) is 15.9. The zero-order chi connectivity index (χ0) is 13.0. The second-order valence-corrected chi connectivity index (χ2v) is 4.81. The molecule has 0 saturated heterocycles. The largest absolute Gasteiger partial charge is 0.382 e. The second-order valence-electron chi connectivity index (χ2n) is 4.43. The molecule has 0 fully saturated rings. The molecule has 0 atom stereocenters. The molecule has 92 valence electrons. The third-order valence-corrected chi connectivity index (χ3v) is 2.16. The molecule has 0 bridgehead atoms. The van der Waals surface area contributed by atoms with Gasteiger partial charge in [0, 0.05) is 18.2 Å². The van der Waals surface area contributed by atoms with Gasteiger partial charge in [-0.15, -0.1) is 0 Å². The molecule has 4 nitrogen and oxygen atoms in total. The van der Waals surface area contributed by atoms with Gasteiger partial charge < -0.3 is 10.6 Å². The molecular weight excluding hydrogens is 236 g/mol. The minimum absolute atomic E-state index is 0.194. The number of hydrogen-bond acceptors (Lipinski definition) is 4. The van der Waals surface area contributed by atoms with Crippen LogP contribution >= 0.6 is 11.6 Å². The smallest absolute Gasteiger partial charge is 0.148 e. The standard InChI is InChI=1S/C12H17ClN4/c1-7(2)15-10-5-11(13)17-12(9(10)6-14)16-8(3)4/h5,7-8H,1-4H3,(H2,15,16,17). The number of aromatic nitrogens is 1. The second kappa shape index (κ2) is 5.74. The van der Waals surface area contributed by atoms with Crippen molar-refractivity contribution in [1.29, 1.82) is 5.26 Å². The molecule has 1 heterocycles. The van der Waals surface area contributed by atoms with Crippen molar-refractivity contribution in [3.63, 3.8) is 0 Å². The van der Waals surface area contributed by atoms with Crippen LogP contribution in [0.15, 0.2) is 6.07 Å². The maximum atomic E-state index is 9.20. The van der Waals surface area contributed by atoms with Crippen LogP contribution in [0, 0.1) is 11.3 Å². The van der Waals surface area contributed by atoms with Crippen LogP contribution in [0.4, 0.5) is 11.5 Å². The third-order valence-electron chi connectivity index (χ3n) is 1.97. The predicted octanol–water partition coefficient (Wildman–Crippen LogP) is 3.25. The summed E-state index contributed by atoms with van der Waals surface area (Å²) in [5.41, 5.74) is 1.21. The lowest BCUT2D eigenvalue weighted by Gasteiger charge is -2.16. The van der Waals surface area contributed by atoms with Crippen molar-refractivity contribution in [2.24, 2.45) is 0 Å². The average molecular weight is 253 g/mol. The number of hydrogen-bond donors (Lipinski definition) is 2. The lowest BCUT2D eigenvalue weighted by Crippen LogP contribution is -2.16. The van der Waals surface area contributed by atoms with Gasteiger partial charge in [0.05, 0.1) is 5.69 Å². The van der Waals surface area contributed by atoms with E-state index in [1.807, 2.05) is 27.7 Å². The fourth-order valence-electron chi connectivity index (χ4n) is 1.43. The fourth-order valence-corrected chi connectivity index (χ4v) is 1.62. The first-order valence-corrected chi connectivity index (χ1v) is 5.95. The van der Waals surface area contributed by atoms with Crippen molar-refractivity contribution >= 4 is 23.1 Å². The number of halogens is 1. The van der Waals surface area contributed by atoms with Gasteiger partial charge in [0.2, 0.25) is 0 Å². The first-order chi connectivity index (χ1) is 7.93. The lowest BCUT2D eigenvalue weighted by molar-refractivity contribution is 0.882. The van der Waals surface area contributed by atoms with Gasteiger partial charge in [-0.05, 0) is 27.7 Å². The van der Waals surface area contributed by atoms with Crippen LogP contribution in [0.2, 0.25) is 5.15 Å². The Morgan fingerprint density at radius 1 is 1.24 bits per heavy atom. The van der Waals surface area contributed by atoms with Crippen molar-refractivity contribution in [3.05, 3.63) is 16.8 Å². The van der Waals surface area contributed by atoms with Gasteiger partial charge in [0.25, 0.3) is 0 Å². The van der Waals surface area contributed by atoms with E-state index >= 15 is 0 Å². The molecule has 0 aromatic carbocycles. The Balaban J connectivity index is 3.21. The van der Waals surface area contributed by atoms with Gasteiger partial charge in [0.15, 0.2) is 0 Å². The van der Waals surface area contributed by atoms with Gasteiger partial charge in [-0.3, -0.25) is 0 Å². The minimum atomic E-state index is 0.194. The van der Waals surface area contributed by atoms with E-state index in [2.05, 4.69) is 21.7 Å². The van der Waals surface area contributed by atoms with E-state index in [-0.39, 0.29) is 12.1 Å². The summed E-state index contributed by atoms with van der Waals surface area (Å²) in [5.74, 6) is 0.526. The molecule has 0 aliphatic rings. The van der Waals surface area contributed by atoms with Crippen LogP contribution in [0.3, 0.4) is 0 Å². The molecule has 1 rings (SSSR count). The topological polar surface area (TPSA) is 60.7 Å². The lowest BCUT2D eigenvalue weighted by atomic mass is 10.2. The molecule has 17 heavy (non-hydrogen) atoms. The average Bonchev–Trinajstić information content (AvgIpc) is 2.14. The van der Waals surface area contributed by atoms with Crippen molar-refractivity contribution in [1.82, 2.24) is 4.98 Å². The normalized spacial score (nSPS) is 10.5. The summed E-state index contributed by atoms with van der Waals surface area (Å²) in [4.78, 5) is 4.14. The maximum absolute atomic E-state index is 9.20. The summed E-state index contributed by atoms with van der Waals surface area (Å²) in [7, 11) is 0. The maximum Gasteiger partial charge on any atom is 0.148 e. The molecule has 0 radical (unpaired) electrons. The third kappa shape index (κ3) is 3.79. The van der Waals surface area contributed by atoms with Crippen LogP contribution in [-0.4, -0.2) is 17.1 Å². The van der Waals surface area contributed by atoms with Gasteiger partial charge in [-0.1, -0.05) is 11.6 Å². The minimum Gasteiger partial charge on any atom is -0.382 e. The van der Waals surface area contributed by atoms with Crippen molar-refractivity contribution in [2.75, 3.05) is 10.6 Å². The molecule has 5 heteroatoms. The Bertz CT molecular complexity index is 404. The van der Waals surface area contributed by atoms with Crippen molar-refractivity contribution in [2.45, 2.75) is 39.8 Å². The molecule has 0 aliphatic carbocycles. The number of nitriles is 1. The van der Waals surface area contributed by atoms with Gasteiger partial charge in [0.1, 0.15) is 22.6 Å². The highest BCUT2D eigenvalue weighted by Gasteiger charge is 2.13. The van der Waals surface area contributed by atoms with Gasteiger partial charge >= 0.3 is 0 Å². The highest BCUT2D eigenvalue weighted by atomic mass is 35.5. The number of anilines is 2. The van der Waals surface area contributed by atoms with Crippen LogP contribution in [0.5, 0.6) is 0 Å². The summed E-state index contributed by atoms with van der Waals surface area (Å²) < 4.78 is 0. The zero-order valence-electron chi connectivity index (χ0n) is 10.5. The highest BCUT2D eigenvalue weighted by molar-refractivity contribution is 6.29. The zero-order valence-corrected chi connectivity index (χ0v) is 11.3. The quantitative estimate of drug-likeness (QED) is 0.808. The fraction of sp³-hybridized carbons (Fsp3) is 0.500. The summed E-state index contributed by atoms with van der Waals surface area (Å²) >= 11 is 5.95. The Morgan fingerprint density at radius 3 is 2.29 bits per heavy atom. The van der Waals surface area contributed by atoms with Crippen molar-refractivity contribution in [3.8, 4) is 6.07 Å². The number of pyridine rings is 1. The van der Waals surface area contributed by atoms with Gasteiger partial charge in [-0.25, -0.2) is 4.98 Å². The Labute approximate surface area is 107 Å². The van der Waals surface area contributed by atoms with Crippen LogP contribution in [0.25, 0.3) is 0 Å². The van der Waals surface area contributed by atoms with E-state index in [4.69, 9.17) is 11.6 Å². The molecule has 0 spiro atoms. The highest BCUT2D eigenvalue weighted by Crippen LogP contribution is 2.26. The molecule has 0 aliphatic heterocycles. The number of nitrogens with one attached hydrogen (secondary N) is 2. The molecule has 2 N–H and O–H groups in total. The number of nitrogens with zero attached hydrogens (tertiary/aromatic N) is 2. The van der Waals surface area contributed by atoms with E-state index in [0.29, 0.717) is 22.2 Å². The SMILES string of the molecule is CC(C)Nc1cc(Cl)nc(NC(C)C)c1C#N. The Morgan fingerprint density at radius 2 is 1.82 bits per heavy atom. The summed E-state index contributed by atoms with van der Waals surface area (Å²) in [6.07, 6.45) is 0.